The molecule has 0 radical (unpaired) electrons. The summed E-state index contributed by atoms with van der Waals surface area (Å²) >= 11 is 1.59. The van der Waals surface area contributed by atoms with Crippen LogP contribution >= 0.6 is 11.3 Å². The second-order valence-corrected chi connectivity index (χ2v) is 4.17. The SMILES string of the molecule is CCC(O)(COC)c1sccc1C. The van der Waals surface area contributed by atoms with Gasteiger partial charge in [-0.15, -0.1) is 11.3 Å². The molecule has 1 heterocycles. The monoisotopic (exact) mass is 200 g/mol. The minimum atomic E-state index is -0.799. The average Bonchev–Trinajstić information content (AvgIpc) is 2.52. The van der Waals surface area contributed by atoms with Gasteiger partial charge < -0.3 is 9.84 Å². The summed E-state index contributed by atoms with van der Waals surface area (Å²) in [6.45, 7) is 4.35. The van der Waals surface area contributed by atoms with E-state index in [2.05, 4.69) is 0 Å². The van der Waals surface area contributed by atoms with Crippen LogP contribution in [0.2, 0.25) is 0 Å². The molecule has 74 valence electrons. The summed E-state index contributed by atoms with van der Waals surface area (Å²) in [7, 11) is 1.61. The summed E-state index contributed by atoms with van der Waals surface area (Å²) in [6, 6.07) is 2.02. The zero-order valence-corrected chi connectivity index (χ0v) is 9.15. The Balaban J connectivity index is 2.95. The van der Waals surface area contributed by atoms with Crippen molar-refractivity contribution in [2.45, 2.75) is 25.9 Å². The number of ether oxygens (including phenoxy) is 1. The van der Waals surface area contributed by atoms with Crippen molar-refractivity contribution in [1.29, 1.82) is 0 Å². The molecule has 1 aromatic heterocycles. The molecule has 0 spiro atoms. The van der Waals surface area contributed by atoms with Crippen molar-refractivity contribution in [3.63, 3.8) is 0 Å². The lowest BCUT2D eigenvalue weighted by Gasteiger charge is -2.25. The van der Waals surface area contributed by atoms with E-state index in [9.17, 15) is 5.11 Å². The third-order valence-corrected chi connectivity index (χ3v) is 3.46. The van der Waals surface area contributed by atoms with Crippen molar-refractivity contribution >= 4 is 11.3 Å². The van der Waals surface area contributed by atoms with E-state index in [1.807, 2.05) is 25.3 Å². The molecular weight excluding hydrogens is 184 g/mol. The standard InChI is InChI=1S/C10H16O2S/c1-4-10(11,7-12-3)9-8(2)5-6-13-9/h5-6,11H,4,7H2,1-3H3. The zero-order valence-electron chi connectivity index (χ0n) is 8.33. The van der Waals surface area contributed by atoms with E-state index < -0.39 is 5.60 Å². The molecular formula is C10H16O2S. The fourth-order valence-corrected chi connectivity index (χ4v) is 2.50. The van der Waals surface area contributed by atoms with E-state index >= 15 is 0 Å². The van der Waals surface area contributed by atoms with Gasteiger partial charge in [0.1, 0.15) is 5.60 Å². The van der Waals surface area contributed by atoms with Crippen LogP contribution in [-0.2, 0) is 10.3 Å². The molecule has 0 aliphatic rings. The van der Waals surface area contributed by atoms with Gasteiger partial charge in [0, 0.05) is 12.0 Å². The molecule has 1 unspecified atom stereocenters. The summed E-state index contributed by atoms with van der Waals surface area (Å²) in [5, 5.41) is 12.2. The summed E-state index contributed by atoms with van der Waals surface area (Å²) in [5.41, 5.74) is 0.346. The molecule has 1 N–H and O–H groups in total. The van der Waals surface area contributed by atoms with Gasteiger partial charge in [0.05, 0.1) is 6.61 Å². The first-order chi connectivity index (χ1) is 6.14. The minimum absolute atomic E-state index is 0.366. The van der Waals surface area contributed by atoms with Gasteiger partial charge in [-0.1, -0.05) is 6.92 Å². The first-order valence-electron chi connectivity index (χ1n) is 4.40. The first kappa shape index (κ1) is 10.7. The lowest BCUT2D eigenvalue weighted by atomic mass is 9.97. The van der Waals surface area contributed by atoms with Crippen molar-refractivity contribution in [3.8, 4) is 0 Å². The second kappa shape index (κ2) is 4.22. The molecule has 0 bridgehead atoms. The molecule has 0 aliphatic heterocycles. The molecule has 3 heteroatoms. The number of rotatable bonds is 4. The van der Waals surface area contributed by atoms with E-state index in [-0.39, 0.29) is 0 Å². The molecule has 1 rings (SSSR count). The van der Waals surface area contributed by atoms with Gasteiger partial charge in [-0.25, -0.2) is 0 Å². The van der Waals surface area contributed by atoms with Crippen molar-refractivity contribution in [1.82, 2.24) is 0 Å². The van der Waals surface area contributed by atoms with Gasteiger partial charge in [-0.3, -0.25) is 0 Å². The Hall–Kier alpha value is -0.380. The highest BCUT2D eigenvalue weighted by Crippen LogP contribution is 2.32. The Morgan fingerprint density at radius 1 is 1.62 bits per heavy atom. The molecule has 2 nitrogen and oxygen atoms in total. The Morgan fingerprint density at radius 2 is 2.31 bits per heavy atom. The van der Waals surface area contributed by atoms with Crippen LogP contribution in [0.1, 0.15) is 23.8 Å². The van der Waals surface area contributed by atoms with E-state index in [1.54, 1.807) is 18.4 Å². The lowest BCUT2D eigenvalue weighted by molar-refractivity contribution is -0.0362. The number of aliphatic hydroxyl groups is 1. The van der Waals surface area contributed by atoms with Gasteiger partial charge in [-0.2, -0.15) is 0 Å². The molecule has 1 atom stereocenters. The van der Waals surface area contributed by atoms with Gasteiger partial charge in [0.2, 0.25) is 0 Å². The van der Waals surface area contributed by atoms with E-state index in [1.165, 1.54) is 0 Å². The Labute approximate surface area is 83.2 Å². The quantitative estimate of drug-likeness (QED) is 0.808. The number of hydrogen-bond acceptors (Lipinski definition) is 3. The lowest BCUT2D eigenvalue weighted by Crippen LogP contribution is -2.29. The van der Waals surface area contributed by atoms with Crippen LogP contribution < -0.4 is 0 Å². The average molecular weight is 200 g/mol. The van der Waals surface area contributed by atoms with Crippen LogP contribution in [-0.4, -0.2) is 18.8 Å². The largest absolute Gasteiger partial charge is 0.382 e. The predicted octanol–water partition coefficient (Wildman–Crippen LogP) is 2.30. The molecule has 0 aliphatic carbocycles. The van der Waals surface area contributed by atoms with Crippen molar-refractivity contribution in [2.24, 2.45) is 0 Å². The van der Waals surface area contributed by atoms with Gasteiger partial charge >= 0.3 is 0 Å². The fraction of sp³-hybridized carbons (Fsp3) is 0.600. The van der Waals surface area contributed by atoms with Crippen molar-refractivity contribution in [2.75, 3.05) is 13.7 Å². The third kappa shape index (κ3) is 2.10. The van der Waals surface area contributed by atoms with Crippen molar-refractivity contribution in [3.05, 3.63) is 21.9 Å². The Bertz CT molecular complexity index is 270. The zero-order chi connectivity index (χ0) is 9.90. The molecule has 0 aromatic carbocycles. The molecule has 0 fully saturated rings. The normalized spacial score (nSPS) is 15.7. The molecule has 0 amide bonds. The Kier molecular flexibility index (Phi) is 3.47. The second-order valence-electron chi connectivity index (χ2n) is 3.25. The molecule has 1 aromatic rings. The minimum Gasteiger partial charge on any atom is -0.382 e. The number of methoxy groups -OCH3 is 1. The van der Waals surface area contributed by atoms with Gasteiger partial charge in [0.15, 0.2) is 0 Å². The van der Waals surface area contributed by atoms with Crippen LogP contribution in [0.25, 0.3) is 0 Å². The fourth-order valence-electron chi connectivity index (χ4n) is 1.42. The number of hydrogen-bond donors (Lipinski definition) is 1. The number of aryl methyl sites for hydroxylation is 1. The third-order valence-electron chi connectivity index (χ3n) is 2.25. The smallest absolute Gasteiger partial charge is 0.122 e. The highest BCUT2D eigenvalue weighted by molar-refractivity contribution is 7.10. The predicted molar refractivity (Wildman–Crippen MR) is 55.1 cm³/mol. The topological polar surface area (TPSA) is 29.5 Å². The van der Waals surface area contributed by atoms with Crippen LogP contribution in [0.3, 0.4) is 0 Å². The summed E-state index contributed by atoms with van der Waals surface area (Å²) in [6.07, 6.45) is 0.683. The van der Waals surface area contributed by atoms with E-state index in [0.29, 0.717) is 13.0 Å². The molecule has 13 heavy (non-hydrogen) atoms. The summed E-state index contributed by atoms with van der Waals surface area (Å²) in [5.74, 6) is 0. The highest BCUT2D eigenvalue weighted by Gasteiger charge is 2.29. The maximum atomic E-state index is 10.2. The summed E-state index contributed by atoms with van der Waals surface area (Å²) in [4.78, 5) is 1.02. The van der Waals surface area contributed by atoms with Crippen LogP contribution in [0, 0.1) is 6.92 Å². The van der Waals surface area contributed by atoms with Crippen LogP contribution in [0.15, 0.2) is 11.4 Å². The van der Waals surface area contributed by atoms with Crippen LogP contribution in [0.4, 0.5) is 0 Å². The first-order valence-corrected chi connectivity index (χ1v) is 5.28. The summed E-state index contributed by atoms with van der Waals surface area (Å²) < 4.78 is 5.03. The van der Waals surface area contributed by atoms with Gasteiger partial charge in [-0.05, 0) is 30.4 Å². The van der Waals surface area contributed by atoms with E-state index in [0.717, 1.165) is 10.4 Å². The molecule has 0 saturated heterocycles. The molecule has 0 saturated carbocycles. The maximum Gasteiger partial charge on any atom is 0.122 e. The van der Waals surface area contributed by atoms with Crippen LogP contribution in [0.5, 0.6) is 0 Å². The van der Waals surface area contributed by atoms with Gasteiger partial charge in [0.25, 0.3) is 0 Å². The highest BCUT2D eigenvalue weighted by atomic mass is 32.1. The van der Waals surface area contributed by atoms with E-state index in [4.69, 9.17) is 4.74 Å². The Morgan fingerprint density at radius 3 is 2.69 bits per heavy atom. The number of thiophene rings is 1. The maximum absolute atomic E-state index is 10.2. The van der Waals surface area contributed by atoms with Crippen molar-refractivity contribution < 1.29 is 9.84 Å².